The number of nitrogens with zero attached hydrogens (tertiary/aromatic N) is 2. The van der Waals surface area contributed by atoms with E-state index < -0.39 is 0 Å². The molecule has 2 aromatic carbocycles. The topological polar surface area (TPSA) is 54.5 Å². The van der Waals surface area contributed by atoms with E-state index in [0.29, 0.717) is 11.5 Å². The van der Waals surface area contributed by atoms with Gasteiger partial charge >= 0.3 is 0 Å². The van der Waals surface area contributed by atoms with Crippen molar-refractivity contribution in [2.45, 2.75) is 26.7 Å². The monoisotopic (exact) mass is 407 g/mol. The molecule has 0 bridgehead atoms. The molecule has 3 aromatic rings. The van der Waals surface area contributed by atoms with E-state index in [9.17, 15) is 4.79 Å². The number of anilines is 2. The first kappa shape index (κ1) is 19.5. The Morgan fingerprint density at radius 2 is 1.79 bits per heavy atom. The minimum Gasteiger partial charge on any atom is -0.494 e. The lowest BCUT2D eigenvalue weighted by molar-refractivity contribution is 0.103. The van der Waals surface area contributed by atoms with Crippen molar-refractivity contribution in [1.82, 2.24) is 4.98 Å². The van der Waals surface area contributed by atoms with Gasteiger partial charge in [0, 0.05) is 24.3 Å². The first-order chi connectivity index (χ1) is 14.1. The zero-order chi connectivity index (χ0) is 20.2. The standard InChI is InChI=1S/C23H25N3O2S/c1-3-28-19-12-10-18(11-13-19)24-22(27)21-20(17-8-6-16(2)7-9-17)25-23(29-21)26-14-4-5-15-26/h6-13H,3-5,14-15H2,1-2H3,(H,24,27). The Morgan fingerprint density at radius 1 is 1.10 bits per heavy atom. The van der Waals surface area contributed by atoms with Crippen LogP contribution in [-0.2, 0) is 0 Å². The first-order valence-corrected chi connectivity index (χ1v) is 10.8. The molecule has 150 valence electrons. The SMILES string of the molecule is CCOc1ccc(NC(=O)c2sc(N3CCCC3)nc2-c2ccc(C)cc2)cc1. The highest BCUT2D eigenvalue weighted by molar-refractivity contribution is 7.18. The average molecular weight is 408 g/mol. The minimum atomic E-state index is -0.132. The van der Waals surface area contributed by atoms with Crippen molar-refractivity contribution >= 4 is 28.1 Å². The van der Waals surface area contributed by atoms with Crippen molar-refractivity contribution in [3.05, 3.63) is 59.0 Å². The molecular weight excluding hydrogens is 382 g/mol. The van der Waals surface area contributed by atoms with Crippen LogP contribution in [0.1, 0.15) is 35.0 Å². The van der Waals surface area contributed by atoms with Crippen LogP contribution in [-0.4, -0.2) is 30.6 Å². The Bertz CT molecular complexity index is 974. The largest absolute Gasteiger partial charge is 0.494 e. The average Bonchev–Trinajstić information content (AvgIpc) is 3.40. The molecule has 1 fully saturated rings. The van der Waals surface area contributed by atoms with Crippen LogP contribution >= 0.6 is 11.3 Å². The Kier molecular flexibility index (Phi) is 5.81. The number of amides is 1. The molecule has 1 saturated heterocycles. The van der Waals surface area contributed by atoms with Gasteiger partial charge in [0.05, 0.1) is 12.3 Å². The highest BCUT2D eigenvalue weighted by Crippen LogP contribution is 2.35. The highest BCUT2D eigenvalue weighted by atomic mass is 32.1. The Balaban J connectivity index is 1.63. The summed E-state index contributed by atoms with van der Waals surface area (Å²) in [5.41, 5.74) is 3.64. The van der Waals surface area contributed by atoms with Gasteiger partial charge in [-0.05, 0) is 51.0 Å². The number of ether oxygens (including phenoxy) is 1. The number of aryl methyl sites for hydroxylation is 1. The van der Waals surface area contributed by atoms with E-state index in [-0.39, 0.29) is 5.91 Å². The lowest BCUT2D eigenvalue weighted by Gasteiger charge is -2.12. The van der Waals surface area contributed by atoms with Gasteiger partial charge in [-0.25, -0.2) is 4.98 Å². The summed E-state index contributed by atoms with van der Waals surface area (Å²) in [7, 11) is 0. The van der Waals surface area contributed by atoms with Gasteiger partial charge < -0.3 is 15.0 Å². The van der Waals surface area contributed by atoms with E-state index in [0.717, 1.165) is 40.9 Å². The Hall–Kier alpha value is -2.86. The third kappa shape index (κ3) is 4.43. The molecule has 1 amide bonds. The fraction of sp³-hybridized carbons (Fsp3) is 0.304. The highest BCUT2D eigenvalue weighted by Gasteiger charge is 2.24. The van der Waals surface area contributed by atoms with Gasteiger partial charge in [-0.3, -0.25) is 4.79 Å². The molecule has 1 aromatic heterocycles. The summed E-state index contributed by atoms with van der Waals surface area (Å²) in [5, 5.41) is 3.94. The van der Waals surface area contributed by atoms with E-state index in [4.69, 9.17) is 9.72 Å². The number of hydrogen-bond acceptors (Lipinski definition) is 5. The van der Waals surface area contributed by atoms with Crippen LogP contribution in [0.4, 0.5) is 10.8 Å². The second-order valence-electron chi connectivity index (χ2n) is 7.15. The zero-order valence-electron chi connectivity index (χ0n) is 16.8. The molecule has 0 spiro atoms. The van der Waals surface area contributed by atoms with Crippen molar-refractivity contribution in [2.75, 3.05) is 29.9 Å². The molecule has 2 heterocycles. The van der Waals surface area contributed by atoms with Gasteiger partial charge in [0.2, 0.25) is 0 Å². The number of nitrogens with one attached hydrogen (secondary N) is 1. The van der Waals surface area contributed by atoms with Crippen molar-refractivity contribution < 1.29 is 9.53 Å². The molecule has 0 radical (unpaired) electrons. The van der Waals surface area contributed by atoms with Crippen molar-refractivity contribution in [3.63, 3.8) is 0 Å². The molecule has 4 rings (SSSR count). The van der Waals surface area contributed by atoms with E-state index >= 15 is 0 Å². The molecule has 5 nitrogen and oxygen atoms in total. The molecule has 0 atom stereocenters. The fourth-order valence-corrected chi connectivity index (χ4v) is 4.44. The van der Waals surface area contributed by atoms with Gasteiger partial charge in [0.15, 0.2) is 5.13 Å². The first-order valence-electron chi connectivity index (χ1n) is 10.0. The smallest absolute Gasteiger partial charge is 0.268 e. The van der Waals surface area contributed by atoms with Gasteiger partial charge in [-0.1, -0.05) is 41.2 Å². The second kappa shape index (κ2) is 8.66. The lowest BCUT2D eigenvalue weighted by Crippen LogP contribution is -2.17. The second-order valence-corrected chi connectivity index (χ2v) is 8.12. The summed E-state index contributed by atoms with van der Waals surface area (Å²) in [6.45, 7) is 6.62. The van der Waals surface area contributed by atoms with Crippen molar-refractivity contribution in [2.24, 2.45) is 0 Å². The Morgan fingerprint density at radius 3 is 2.45 bits per heavy atom. The van der Waals surface area contributed by atoms with Crippen molar-refractivity contribution in [1.29, 1.82) is 0 Å². The van der Waals surface area contributed by atoms with E-state index in [2.05, 4.69) is 29.3 Å². The summed E-state index contributed by atoms with van der Waals surface area (Å²) in [6, 6.07) is 15.6. The molecular formula is C23H25N3O2S. The maximum absolute atomic E-state index is 13.1. The van der Waals surface area contributed by atoms with Crippen LogP contribution in [0.3, 0.4) is 0 Å². The van der Waals surface area contributed by atoms with E-state index in [1.807, 2.05) is 43.3 Å². The molecule has 6 heteroatoms. The van der Waals surface area contributed by atoms with Crippen LogP contribution in [0.2, 0.25) is 0 Å². The van der Waals surface area contributed by atoms with Crippen LogP contribution in [0.15, 0.2) is 48.5 Å². The quantitative estimate of drug-likeness (QED) is 0.597. The third-order valence-electron chi connectivity index (χ3n) is 4.95. The fourth-order valence-electron chi connectivity index (χ4n) is 3.40. The lowest BCUT2D eigenvalue weighted by atomic mass is 10.1. The number of carbonyl (C=O) groups excluding carboxylic acids is 1. The summed E-state index contributed by atoms with van der Waals surface area (Å²) < 4.78 is 5.47. The van der Waals surface area contributed by atoms with Crippen LogP contribution in [0, 0.1) is 6.92 Å². The van der Waals surface area contributed by atoms with Gasteiger partial charge in [-0.15, -0.1) is 0 Å². The number of thiazole rings is 1. The summed E-state index contributed by atoms with van der Waals surface area (Å²) in [6.07, 6.45) is 2.35. The molecule has 0 aliphatic carbocycles. The van der Waals surface area contributed by atoms with Crippen LogP contribution in [0.25, 0.3) is 11.3 Å². The summed E-state index contributed by atoms with van der Waals surface area (Å²) in [5.74, 6) is 0.660. The van der Waals surface area contributed by atoms with Gasteiger partial charge in [0.1, 0.15) is 10.6 Å². The number of hydrogen-bond donors (Lipinski definition) is 1. The molecule has 0 unspecified atom stereocenters. The number of carbonyl (C=O) groups is 1. The number of aromatic nitrogens is 1. The summed E-state index contributed by atoms with van der Waals surface area (Å²) >= 11 is 1.47. The molecule has 1 aliphatic rings. The minimum absolute atomic E-state index is 0.132. The zero-order valence-corrected chi connectivity index (χ0v) is 17.6. The molecule has 0 saturated carbocycles. The Labute approximate surface area is 175 Å². The van der Waals surface area contributed by atoms with Gasteiger partial charge in [-0.2, -0.15) is 0 Å². The predicted molar refractivity (Wildman–Crippen MR) is 119 cm³/mol. The molecule has 1 N–H and O–H groups in total. The van der Waals surface area contributed by atoms with Gasteiger partial charge in [0.25, 0.3) is 5.91 Å². The predicted octanol–water partition coefficient (Wildman–Crippen LogP) is 5.37. The number of rotatable bonds is 6. The third-order valence-corrected chi connectivity index (χ3v) is 6.06. The maximum atomic E-state index is 13.1. The number of benzene rings is 2. The maximum Gasteiger partial charge on any atom is 0.268 e. The normalized spacial score (nSPS) is 13.5. The summed E-state index contributed by atoms with van der Waals surface area (Å²) in [4.78, 5) is 20.9. The molecule has 1 aliphatic heterocycles. The van der Waals surface area contributed by atoms with Crippen LogP contribution < -0.4 is 15.0 Å². The molecule has 29 heavy (non-hydrogen) atoms. The van der Waals surface area contributed by atoms with Crippen molar-refractivity contribution in [3.8, 4) is 17.0 Å². The van der Waals surface area contributed by atoms with E-state index in [1.54, 1.807) is 0 Å². The van der Waals surface area contributed by atoms with Crippen LogP contribution in [0.5, 0.6) is 5.75 Å². The van der Waals surface area contributed by atoms with E-state index in [1.165, 1.54) is 29.7 Å².